The van der Waals surface area contributed by atoms with Crippen LogP contribution < -0.4 is 5.73 Å². The molecule has 0 radical (unpaired) electrons. The number of nitrogens with two attached hydrogens (primary N) is 1. The molecular formula is C9H9Br2N3S. The van der Waals surface area contributed by atoms with Crippen LogP contribution in [0.1, 0.15) is 17.2 Å². The largest absolute Gasteiger partial charge is 0.320 e. The first-order chi connectivity index (χ1) is 7.08. The van der Waals surface area contributed by atoms with Crippen LogP contribution >= 0.6 is 43.2 Å². The quantitative estimate of drug-likeness (QED) is 0.904. The maximum absolute atomic E-state index is 6.15. The first-order valence-electron chi connectivity index (χ1n) is 4.27. The van der Waals surface area contributed by atoms with Crippen LogP contribution in [0, 0.1) is 0 Å². The lowest BCUT2D eigenvalue weighted by Crippen LogP contribution is -2.10. The highest BCUT2D eigenvalue weighted by atomic mass is 79.9. The fraction of sp³-hybridized carbons (Fsp3) is 0.222. The predicted octanol–water partition coefficient (Wildman–Crippen LogP) is 3.05. The van der Waals surface area contributed by atoms with Crippen molar-refractivity contribution in [2.75, 3.05) is 0 Å². The van der Waals surface area contributed by atoms with E-state index in [1.54, 1.807) is 22.2 Å². The number of halogens is 2. The summed E-state index contributed by atoms with van der Waals surface area (Å²) in [7, 11) is 1.88. The highest BCUT2D eigenvalue weighted by molar-refractivity contribution is 9.12. The van der Waals surface area contributed by atoms with Gasteiger partial charge in [0.1, 0.15) is 0 Å². The number of hydrogen-bond acceptors (Lipinski definition) is 3. The smallest absolute Gasteiger partial charge is 0.0761 e. The Balaban J connectivity index is 2.35. The summed E-state index contributed by atoms with van der Waals surface area (Å²) in [6, 6.07) is 1.91. The van der Waals surface area contributed by atoms with Gasteiger partial charge in [0.15, 0.2) is 0 Å². The lowest BCUT2D eigenvalue weighted by Gasteiger charge is -2.07. The summed E-state index contributed by atoms with van der Waals surface area (Å²) in [5.74, 6) is 0. The van der Waals surface area contributed by atoms with E-state index < -0.39 is 0 Å². The summed E-state index contributed by atoms with van der Waals surface area (Å²) in [4.78, 5) is 0. The van der Waals surface area contributed by atoms with E-state index in [1.165, 1.54) is 0 Å². The Morgan fingerprint density at radius 1 is 1.53 bits per heavy atom. The van der Waals surface area contributed by atoms with Gasteiger partial charge in [-0.15, -0.1) is 11.3 Å². The molecule has 1 unspecified atom stereocenters. The first kappa shape index (κ1) is 11.3. The molecule has 2 rings (SSSR count). The van der Waals surface area contributed by atoms with Crippen LogP contribution in [-0.2, 0) is 7.05 Å². The summed E-state index contributed by atoms with van der Waals surface area (Å²) >= 11 is 8.57. The van der Waals surface area contributed by atoms with Crippen LogP contribution in [0.5, 0.6) is 0 Å². The molecule has 0 bridgehead atoms. The topological polar surface area (TPSA) is 43.8 Å². The summed E-state index contributed by atoms with van der Waals surface area (Å²) in [5, 5.41) is 4.11. The van der Waals surface area contributed by atoms with Crippen LogP contribution in [-0.4, -0.2) is 9.78 Å². The maximum Gasteiger partial charge on any atom is 0.0761 e. The lowest BCUT2D eigenvalue weighted by molar-refractivity contribution is 0.765. The Kier molecular flexibility index (Phi) is 3.30. The molecule has 0 aromatic carbocycles. The molecule has 0 saturated heterocycles. The minimum atomic E-state index is -0.129. The average molecular weight is 351 g/mol. The fourth-order valence-corrected chi connectivity index (χ4v) is 4.27. The van der Waals surface area contributed by atoms with Crippen LogP contribution in [0.3, 0.4) is 0 Å². The molecule has 1 atom stereocenters. The van der Waals surface area contributed by atoms with E-state index in [9.17, 15) is 0 Å². The van der Waals surface area contributed by atoms with Gasteiger partial charge in [-0.3, -0.25) is 4.68 Å². The molecule has 2 heterocycles. The summed E-state index contributed by atoms with van der Waals surface area (Å²) < 4.78 is 3.89. The van der Waals surface area contributed by atoms with Gasteiger partial charge < -0.3 is 5.73 Å². The van der Waals surface area contributed by atoms with Gasteiger partial charge in [-0.05, 0) is 43.5 Å². The third-order valence-electron chi connectivity index (χ3n) is 2.10. The molecule has 0 saturated carbocycles. The molecular weight excluding hydrogens is 342 g/mol. The molecule has 3 nitrogen and oxygen atoms in total. The summed E-state index contributed by atoms with van der Waals surface area (Å²) in [5.41, 5.74) is 8.25. The molecule has 0 spiro atoms. The molecule has 15 heavy (non-hydrogen) atoms. The van der Waals surface area contributed by atoms with Gasteiger partial charge in [-0.25, -0.2) is 0 Å². The van der Waals surface area contributed by atoms with Crippen molar-refractivity contribution < 1.29 is 0 Å². The van der Waals surface area contributed by atoms with Crippen molar-refractivity contribution >= 4 is 43.2 Å². The number of thiophene rings is 1. The lowest BCUT2D eigenvalue weighted by atomic mass is 10.1. The van der Waals surface area contributed by atoms with Gasteiger partial charge in [0.2, 0.25) is 0 Å². The monoisotopic (exact) mass is 349 g/mol. The third-order valence-corrected chi connectivity index (χ3v) is 4.49. The highest BCUT2D eigenvalue weighted by Gasteiger charge is 2.16. The Morgan fingerprint density at radius 2 is 2.27 bits per heavy atom. The van der Waals surface area contributed by atoms with Crippen molar-refractivity contribution in [2.45, 2.75) is 6.04 Å². The van der Waals surface area contributed by atoms with Crippen molar-refractivity contribution in [3.05, 3.63) is 37.2 Å². The molecule has 0 aliphatic heterocycles. The molecule has 2 aromatic heterocycles. The van der Waals surface area contributed by atoms with Gasteiger partial charge in [0, 0.05) is 18.8 Å². The van der Waals surface area contributed by atoms with E-state index >= 15 is 0 Å². The Bertz CT molecular complexity index is 477. The van der Waals surface area contributed by atoms with Gasteiger partial charge in [-0.2, -0.15) is 5.10 Å². The standard InChI is InChI=1S/C9H9Br2N3S/c1-14-4-5(3-13-14)8(12)6-2-7(10)15-9(6)11/h2-4,8H,12H2,1H3. The molecule has 2 aromatic rings. The first-order valence-corrected chi connectivity index (χ1v) is 6.67. The maximum atomic E-state index is 6.15. The van der Waals surface area contributed by atoms with E-state index in [0.717, 1.165) is 18.7 Å². The number of aryl methyl sites for hydroxylation is 1. The van der Waals surface area contributed by atoms with E-state index in [2.05, 4.69) is 37.0 Å². The summed E-state index contributed by atoms with van der Waals surface area (Å²) in [6.07, 6.45) is 3.73. The molecule has 0 aliphatic rings. The Morgan fingerprint density at radius 3 is 2.73 bits per heavy atom. The second-order valence-electron chi connectivity index (χ2n) is 3.20. The SMILES string of the molecule is Cn1cc(C(N)c2cc(Br)sc2Br)cn1. The number of rotatable bonds is 2. The molecule has 0 amide bonds. The zero-order chi connectivity index (χ0) is 11.0. The molecule has 0 aliphatic carbocycles. The van der Waals surface area contributed by atoms with Crippen LogP contribution in [0.25, 0.3) is 0 Å². The average Bonchev–Trinajstić information content (AvgIpc) is 2.71. The van der Waals surface area contributed by atoms with Gasteiger partial charge in [-0.1, -0.05) is 0 Å². The van der Waals surface area contributed by atoms with Crippen LogP contribution in [0.4, 0.5) is 0 Å². The van der Waals surface area contributed by atoms with E-state index in [0.29, 0.717) is 0 Å². The van der Waals surface area contributed by atoms with E-state index in [1.807, 2.05) is 19.3 Å². The second-order valence-corrected chi connectivity index (χ2v) is 6.95. The Hall–Kier alpha value is -0.170. The van der Waals surface area contributed by atoms with Crippen molar-refractivity contribution in [1.29, 1.82) is 0 Å². The normalized spacial score (nSPS) is 13.1. The van der Waals surface area contributed by atoms with Crippen LogP contribution in [0.15, 0.2) is 26.0 Å². The van der Waals surface area contributed by atoms with Gasteiger partial charge in [0.25, 0.3) is 0 Å². The molecule has 6 heteroatoms. The fourth-order valence-electron chi connectivity index (χ4n) is 1.35. The number of nitrogens with zero attached hydrogens (tertiary/aromatic N) is 2. The van der Waals surface area contributed by atoms with Crippen molar-refractivity contribution in [2.24, 2.45) is 12.8 Å². The van der Waals surface area contributed by atoms with E-state index in [-0.39, 0.29) is 6.04 Å². The van der Waals surface area contributed by atoms with Crippen molar-refractivity contribution in [1.82, 2.24) is 9.78 Å². The zero-order valence-electron chi connectivity index (χ0n) is 7.95. The number of aromatic nitrogens is 2. The minimum Gasteiger partial charge on any atom is -0.320 e. The highest BCUT2D eigenvalue weighted by Crippen LogP contribution is 2.36. The minimum absolute atomic E-state index is 0.129. The van der Waals surface area contributed by atoms with Gasteiger partial charge in [0.05, 0.1) is 19.8 Å². The predicted molar refractivity (Wildman–Crippen MR) is 69.0 cm³/mol. The zero-order valence-corrected chi connectivity index (χ0v) is 11.9. The molecule has 2 N–H and O–H groups in total. The van der Waals surface area contributed by atoms with E-state index in [4.69, 9.17) is 5.73 Å². The number of hydrogen-bond donors (Lipinski definition) is 1. The van der Waals surface area contributed by atoms with Crippen molar-refractivity contribution in [3.63, 3.8) is 0 Å². The van der Waals surface area contributed by atoms with Crippen molar-refractivity contribution in [3.8, 4) is 0 Å². The second kappa shape index (κ2) is 4.37. The molecule has 0 fully saturated rings. The summed E-state index contributed by atoms with van der Waals surface area (Å²) in [6.45, 7) is 0. The molecule has 80 valence electrons. The van der Waals surface area contributed by atoms with Gasteiger partial charge >= 0.3 is 0 Å². The van der Waals surface area contributed by atoms with Crippen LogP contribution in [0.2, 0.25) is 0 Å². The Labute approximate surface area is 109 Å². The third kappa shape index (κ3) is 2.33.